The highest BCUT2D eigenvalue weighted by molar-refractivity contribution is 7.92. The fourth-order valence-corrected chi connectivity index (χ4v) is 5.93. The maximum Gasteiger partial charge on any atom is 0.244 e. The second-order valence-electron chi connectivity index (χ2n) is 9.79. The fourth-order valence-electron chi connectivity index (χ4n) is 4.28. The Balaban J connectivity index is 2.12. The number of anilines is 1. The number of sulfonamides is 1. The molecule has 0 unspecified atom stereocenters. The molecule has 0 fully saturated rings. The van der Waals surface area contributed by atoms with Crippen LogP contribution in [0.15, 0.2) is 66.7 Å². The zero-order valence-electron chi connectivity index (χ0n) is 22.7. The molecule has 3 rings (SSSR count). The van der Waals surface area contributed by atoms with Crippen LogP contribution >= 0.6 is 34.8 Å². The van der Waals surface area contributed by atoms with E-state index < -0.39 is 28.5 Å². The van der Waals surface area contributed by atoms with E-state index in [0.29, 0.717) is 31.9 Å². The van der Waals surface area contributed by atoms with Crippen LogP contribution in [0.2, 0.25) is 15.1 Å². The molecule has 2 amide bonds. The van der Waals surface area contributed by atoms with E-state index in [-0.39, 0.29) is 24.9 Å². The Kier molecular flexibility index (Phi) is 10.9. The van der Waals surface area contributed by atoms with Gasteiger partial charge in [0, 0.05) is 39.6 Å². The van der Waals surface area contributed by atoms with Crippen LogP contribution in [0.4, 0.5) is 5.69 Å². The highest BCUT2D eigenvalue weighted by Crippen LogP contribution is 2.29. The molecule has 0 heterocycles. The lowest BCUT2D eigenvalue weighted by Gasteiger charge is -2.34. The number of carbonyl (C=O) groups is 2. The molecule has 3 aromatic rings. The van der Waals surface area contributed by atoms with E-state index in [0.717, 1.165) is 16.1 Å². The SMILES string of the molecule is Cc1cc(Cl)ccc1N(CC(=O)N(Cc1c(Cl)cccc1Cl)[C@@H](Cc1ccccc1)C(=O)NC(C)C)S(C)(=O)=O. The van der Waals surface area contributed by atoms with Crippen LogP contribution in [-0.4, -0.2) is 50.0 Å². The molecule has 7 nitrogen and oxygen atoms in total. The molecule has 0 saturated heterocycles. The summed E-state index contributed by atoms with van der Waals surface area (Å²) < 4.78 is 26.9. The fraction of sp³-hybridized carbons (Fsp3) is 0.310. The predicted octanol–water partition coefficient (Wildman–Crippen LogP) is 5.89. The first-order valence-electron chi connectivity index (χ1n) is 12.6. The number of aryl methyl sites for hydroxylation is 1. The van der Waals surface area contributed by atoms with Crippen molar-refractivity contribution < 1.29 is 18.0 Å². The Morgan fingerprint density at radius 2 is 1.55 bits per heavy atom. The second kappa shape index (κ2) is 13.7. The van der Waals surface area contributed by atoms with Gasteiger partial charge in [-0.15, -0.1) is 0 Å². The van der Waals surface area contributed by atoms with Crippen molar-refractivity contribution in [2.45, 2.75) is 45.8 Å². The number of amides is 2. The molecule has 3 aromatic carbocycles. The van der Waals surface area contributed by atoms with Crippen LogP contribution in [0.1, 0.15) is 30.5 Å². The van der Waals surface area contributed by atoms with Crippen LogP contribution in [0, 0.1) is 6.92 Å². The van der Waals surface area contributed by atoms with Crippen molar-refractivity contribution in [1.29, 1.82) is 0 Å². The third kappa shape index (κ3) is 8.36. The largest absolute Gasteiger partial charge is 0.352 e. The van der Waals surface area contributed by atoms with Gasteiger partial charge in [0.1, 0.15) is 12.6 Å². The third-order valence-corrected chi connectivity index (χ3v) is 8.27. The van der Waals surface area contributed by atoms with Crippen LogP contribution < -0.4 is 9.62 Å². The van der Waals surface area contributed by atoms with Gasteiger partial charge in [0.2, 0.25) is 21.8 Å². The van der Waals surface area contributed by atoms with Crippen LogP contribution in [-0.2, 0) is 32.6 Å². The summed E-state index contributed by atoms with van der Waals surface area (Å²) in [5, 5.41) is 3.98. The van der Waals surface area contributed by atoms with Crippen molar-refractivity contribution in [1.82, 2.24) is 10.2 Å². The normalized spacial score (nSPS) is 12.2. The summed E-state index contributed by atoms with van der Waals surface area (Å²) in [6.07, 6.45) is 1.21. The average Bonchev–Trinajstić information content (AvgIpc) is 2.86. The molecule has 214 valence electrons. The lowest BCUT2D eigenvalue weighted by Crippen LogP contribution is -2.54. The summed E-state index contributed by atoms with van der Waals surface area (Å²) in [5.41, 5.74) is 2.15. The van der Waals surface area contributed by atoms with E-state index in [4.69, 9.17) is 34.8 Å². The third-order valence-electron chi connectivity index (χ3n) is 6.20. The lowest BCUT2D eigenvalue weighted by molar-refractivity contribution is -0.140. The molecule has 0 aliphatic heterocycles. The van der Waals surface area contributed by atoms with Gasteiger partial charge in [-0.2, -0.15) is 0 Å². The summed E-state index contributed by atoms with van der Waals surface area (Å²) in [6.45, 7) is 4.69. The Morgan fingerprint density at radius 1 is 0.925 bits per heavy atom. The molecule has 0 aliphatic carbocycles. The molecule has 0 spiro atoms. The van der Waals surface area contributed by atoms with Gasteiger partial charge in [-0.25, -0.2) is 8.42 Å². The first kappa shape index (κ1) is 31.7. The molecule has 0 bridgehead atoms. The molecular formula is C29H32Cl3N3O4S. The Labute approximate surface area is 251 Å². The minimum absolute atomic E-state index is 0.114. The average molecular weight is 625 g/mol. The second-order valence-corrected chi connectivity index (χ2v) is 12.9. The van der Waals surface area contributed by atoms with Crippen molar-refractivity contribution in [3.05, 3.63) is 98.5 Å². The number of rotatable bonds is 11. The van der Waals surface area contributed by atoms with Gasteiger partial charge in [0.15, 0.2) is 0 Å². The maximum absolute atomic E-state index is 14.1. The van der Waals surface area contributed by atoms with Crippen LogP contribution in [0.3, 0.4) is 0 Å². The van der Waals surface area contributed by atoms with Gasteiger partial charge in [-0.3, -0.25) is 13.9 Å². The number of hydrogen-bond donors (Lipinski definition) is 1. The Bertz CT molecular complexity index is 1450. The van der Waals surface area contributed by atoms with Crippen molar-refractivity contribution in [3.8, 4) is 0 Å². The predicted molar refractivity (Wildman–Crippen MR) is 163 cm³/mol. The number of halogens is 3. The molecule has 0 saturated carbocycles. The standard InChI is InChI=1S/C29H32Cl3N3O4S/c1-19(2)33-29(37)27(16-21-9-6-5-7-10-21)34(17-23-24(31)11-8-12-25(23)32)28(36)18-35(40(4,38)39)26-14-13-22(30)15-20(26)3/h5-15,19,27H,16-18H2,1-4H3,(H,33,37)/t27-/m0/s1. The first-order valence-corrected chi connectivity index (χ1v) is 15.6. The van der Waals surface area contributed by atoms with Gasteiger partial charge in [-0.05, 0) is 62.2 Å². The lowest BCUT2D eigenvalue weighted by atomic mass is 10.0. The van der Waals surface area contributed by atoms with Crippen LogP contribution in [0.5, 0.6) is 0 Å². The van der Waals surface area contributed by atoms with Crippen molar-refractivity contribution in [3.63, 3.8) is 0 Å². The molecule has 0 aliphatic rings. The highest BCUT2D eigenvalue weighted by atomic mass is 35.5. The smallest absolute Gasteiger partial charge is 0.244 e. The van der Waals surface area contributed by atoms with Gasteiger partial charge in [0.05, 0.1) is 11.9 Å². The zero-order chi connectivity index (χ0) is 29.6. The monoisotopic (exact) mass is 623 g/mol. The molecule has 11 heteroatoms. The number of hydrogen-bond acceptors (Lipinski definition) is 4. The van der Waals surface area contributed by atoms with Gasteiger partial charge < -0.3 is 10.2 Å². The van der Waals surface area contributed by atoms with E-state index in [1.165, 1.54) is 4.90 Å². The molecule has 40 heavy (non-hydrogen) atoms. The van der Waals surface area contributed by atoms with Crippen LogP contribution in [0.25, 0.3) is 0 Å². The molecular weight excluding hydrogens is 593 g/mol. The summed E-state index contributed by atoms with van der Waals surface area (Å²) in [7, 11) is -3.90. The Morgan fingerprint density at radius 3 is 2.10 bits per heavy atom. The van der Waals surface area contributed by atoms with Crippen molar-refractivity contribution in [2.75, 3.05) is 17.1 Å². The number of nitrogens with one attached hydrogen (secondary N) is 1. The number of carbonyl (C=O) groups excluding carboxylic acids is 2. The zero-order valence-corrected chi connectivity index (χ0v) is 25.8. The van der Waals surface area contributed by atoms with Gasteiger partial charge in [-0.1, -0.05) is 71.2 Å². The summed E-state index contributed by atoms with van der Waals surface area (Å²) in [5.74, 6) is -0.987. The summed E-state index contributed by atoms with van der Waals surface area (Å²) in [6, 6.07) is 17.8. The molecule has 0 aromatic heterocycles. The maximum atomic E-state index is 14.1. The number of nitrogens with zero attached hydrogens (tertiary/aromatic N) is 2. The first-order chi connectivity index (χ1) is 18.8. The van der Waals surface area contributed by atoms with E-state index in [1.54, 1.807) is 43.3 Å². The van der Waals surface area contributed by atoms with Gasteiger partial charge >= 0.3 is 0 Å². The van der Waals surface area contributed by atoms with E-state index in [9.17, 15) is 18.0 Å². The summed E-state index contributed by atoms with van der Waals surface area (Å²) >= 11 is 19.0. The van der Waals surface area contributed by atoms with Crippen molar-refractivity contribution in [2.24, 2.45) is 0 Å². The van der Waals surface area contributed by atoms with Crippen molar-refractivity contribution >= 4 is 62.3 Å². The van der Waals surface area contributed by atoms with Gasteiger partial charge in [0.25, 0.3) is 0 Å². The highest BCUT2D eigenvalue weighted by Gasteiger charge is 2.34. The molecule has 0 radical (unpaired) electrons. The topological polar surface area (TPSA) is 86.8 Å². The van der Waals surface area contributed by atoms with E-state index in [2.05, 4.69) is 5.32 Å². The Hall–Kier alpha value is -2.78. The quantitative estimate of drug-likeness (QED) is 0.289. The minimum atomic E-state index is -3.90. The van der Waals surface area contributed by atoms with E-state index >= 15 is 0 Å². The van der Waals surface area contributed by atoms with E-state index in [1.807, 2.05) is 44.2 Å². The number of benzene rings is 3. The minimum Gasteiger partial charge on any atom is -0.352 e. The molecule has 1 N–H and O–H groups in total. The summed E-state index contributed by atoms with van der Waals surface area (Å²) in [4.78, 5) is 29.1. The molecule has 1 atom stereocenters.